The molecule has 0 fully saturated rings. The summed E-state index contributed by atoms with van der Waals surface area (Å²) in [7, 11) is 0. The first kappa shape index (κ1) is 44.2. The maximum Gasteiger partial charge on any atom is -0.0171 e. The van der Waals surface area contributed by atoms with Crippen molar-refractivity contribution in [3.63, 3.8) is 0 Å². The molecule has 0 unspecified atom stereocenters. The van der Waals surface area contributed by atoms with Crippen molar-refractivity contribution in [1.82, 2.24) is 0 Å². The Balaban J connectivity index is 0.000000198. The Morgan fingerprint density at radius 2 is 0.268 bits per heavy atom. The maximum absolute atomic E-state index is 2.27. The molecule has 0 bridgehead atoms. The molecule has 0 heterocycles. The molecule has 0 saturated carbocycles. The number of hydrogen-bond acceptors (Lipinski definition) is 0. The largest absolute Gasteiger partial charge is 0.0683 e. The van der Waals surface area contributed by atoms with Gasteiger partial charge in [0.05, 0.1) is 0 Å². The fourth-order valence-corrected chi connectivity index (χ4v) is 6.03. The van der Waals surface area contributed by atoms with Crippen molar-refractivity contribution >= 4 is 64.6 Å². The first-order valence-electron chi connectivity index (χ1n) is 20.4. The number of fused-ring (bicyclic) bond motifs is 6. The fourth-order valence-electron chi connectivity index (χ4n) is 6.03. The monoisotopic (exact) mass is 732 g/mol. The minimum atomic E-state index is 1.31. The third-order valence-electron chi connectivity index (χ3n) is 8.51. The van der Waals surface area contributed by atoms with Crippen LogP contribution in [-0.4, -0.2) is 0 Å². The highest BCUT2D eigenvalue weighted by atomic mass is 14.0. The molecule has 0 saturated heterocycles. The van der Waals surface area contributed by atoms with Crippen molar-refractivity contribution in [2.24, 2.45) is 0 Å². The van der Waals surface area contributed by atoms with E-state index in [1.54, 1.807) is 0 Å². The highest BCUT2D eigenvalue weighted by Gasteiger charge is 2.00. The van der Waals surface area contributed by atoms with E-state index in [0.29, 0.717) is 0 Å². The molecule has 10 aromatic carbocycles. The van der Waals surface area contributed by atoms with E-state index in [2.05, 4.69) is 182 Å². The summed E-state index contributed by atoms with van der Waals surface area (Å²) in [5.41, 5.74) is 0. The van der Waals surface area contributed by atoms with E-state index in [1.165, 1.54) is 64.6 Å². The van der Waals surface area contributed by atoms with Gasteiger partial charge in [0.1, 0.15) is 0 Å². The summed E-state index contributed by atoms with van der Waals surface area (Å²) in [5.74, 6) is 0. The molecule has 0 aliphatic rings. The molecule has 0 radical (unpaired) electrons. The van der Waals surface area contributed by atoms with E-state index >= 15 is 0 Å². The normalized spacial score (nSPS) is 9.43. The Morgan fingerprint density at radius 3 is 0.429 bits per heavy atom. The van der Waals surface area contributed by atoms with Gasteiger partial charge in [-0.25, -0.2) is 0 Å². The van der Waals surface area contributed by atoms with Crippen molar-refractivity contribution in [2.45, 2.75) is 55.4 Å². The van der Waals surface area contributed by atoms with Crippen LogP contribution >= 0.6 is 0 Å². The Hall–Kier alpha value is -6.24. The van der Waals surface area contributed by atoms with Gasteiger partial charge in [0.2, 0.25) is 0 Å². The van der Waals surface area contributed by atoms with Gasteiger partial charge in [0.25, 0.3) is 0 Å². The van der Waals surface area contributed by atoms with Crippen molar-refractivity contribution in [2.75, 3.05) is 0 Å². The minimum Gasteiger partial charge on any atom is -0.0683 e. The zero-order valence-electron chi connectivity index (χ0n) is 34.8. The van der Waals surface area contributed by atoms with Crippen LogP contribution in [0.3, 0.4) is 0 Å². The van der Waals surface area contributed by atoms with Gasteiger partial charge in [-0.15, -0.1) is 0 Å². The maximum atomic E-state index is 2.27. The third kappa shape index (κ3) is 13.0. The Bertz CT molecular complexity index is 2220. The summed E-state index contributed by atoms with van der Waals surface area (Å²) in [6, 6.07) is 76.3. The molecule has 0 N–H and O–H groups in total. The van der Waals surface area contributed by atoms with Crippen molar-refractivity contribution in [3.8, 4) is 0 Å². The quantitative estimate of drug-likeness (QED) is 0.136. The summed E-state index contributed by atoms with van der Waals surface area (Å²) in [5, 5.41) is 15.7. The molecule has 10 aromatic rings. The van der Waals surface area contributed by atoms with Crippen LogP contribution in [0.15, 0.2) is 218 Å². The smallest absolute Gasteiger partial charge is 0.0171 e. The minimum absolute atomic E-state index is 1.31. The first-order chi connectivity index (χ1) is 27.8. The number of rotatable bonds is 0. The zero-order valence-corrected chi connectivity index (χ0v) is 34.8. The second kappa shape index (κ2) is 25.7. The van der Waals surface area contributed by atoms with Crippen LogP contribution in [0.1, 0.15) is 55.4 Å². The summed E-state index contributed by atoms with van der Waals surface area (Å²) in [4.78, 5) is 0. The molecule has 0 aliphatic carbocycles. The summed E-state index contributed by atoms with van der Waals surface area (Å²) < 4.78 is 0. The van der Waals surface area contributed by atoms with Gasteiger partial charge < -0.3 is 0 Å². The molecule has 0 aliphatic heterocycles. The Morgan fingerprint density at radius 1 is 0.143 bits per heavy atom. The van der Waals surface area contributed by atoms with Crippen molar-refractivity contribution in [3.05, 3.63) is 218 Å². The lowest BCUT2D eigenvalue weighted by molar-refractivity contribution is 1.50. The lowest BCUT2D eigenvalue weighted by atomic mass is 10.00. The van der Waals surface area contributed by atoms with Crippen LogP contribution in [0.2, 0.25) is 0 Å². The van der Waals surface area contributed by atoms with Crippen molar-refractivity contribution in [1.29, 1.82) is 0 Å². The lowest BCUT2D eigenvalue weighted by Gasteiger charge is -2.04. The highest BCUT2D eigenvalue weighted by Crippen LogP contribution is 2.27. The SMILES string of the molecule is CC.CC.CC.CC.c1ccc2cc3cc4ccccc4cc3cc2c1.c1ccc2cc3ccccc3cc2c1.c1ccc2ccccc2c1.c1ccccc1. The molecule has 284 valence electrons. The topological polar surface area (TPSA) is 0 Å². The predicted octanol–water partition coefficient (Wildman–Crippen LogP) is 17.8. The van der Waals surface area contributed by atoms with Gasteiger partial charge in [0, 0.05) is 0 Å². The van der Waals surface area contributed by atoms with Crippen LogP contribution in [0, 0.1) is 0 Å². The average molecular weight is 733 g/mol. The standard InChI is InChI=1S/C18H12.C14H10.C10H8.C6H6.4C2H6/c1-2-6-14-10-18-12-16-8-4-3-7-15(16)11-17(18)9-13(14)5-1;1-2-6-12-10-14-8-4-3-7-13(14)9-11(12)5-1;1-2-6-10-8-4-3-7-9(10)5-1;1-2-4-6-5-3-1;4*1-2/h1-12H;1-10H;1-8H;1-6H;4*1-2H3. The Labute approximate surface area is 337 Å². The predicted molar refractivity (Wildman–Crippen MR) is 256 cm³/mol. The number of benzene rings is 10. The zero-order chi connectivity index (χ0) is 40.4. The fraction of sp³-hybridized carbons (Fsp3) is 0.143. The molecule has 0 heteroatoms. The van der Waals surface area contributed by atoms with Crippen LogP contribution in [0.25, 0.3) is 64.6 Å². The molecular formula is C56H60. The van der Waals surface area contributed by atoms with Gasteiger partial charge in [0.15, 0.2) is 0 Å². The van der Waals surface area contributed by atoms with E-state index in [4.69, 9.17) is 0 Å². The third-order valence-corrected chi connectivity index (χ3v) is 8.51. The number of hydrogen-bond donors (Lipinski definition) is 0. The van der Waals surface area contributed by atoms with E-state index in [-0.39, 0.29) is 0 Å². The first-order valence-corrected chi connectivity index (χ1v) is 20.4. The molecule has 0 spiro atoms. The highest BCUT2D eigenvalue weighted by molar-refractivity contribution is 6.04. The van der Waals surface area contributed by atoms with Crippen LogP contribution in [-0.2, 0) is 0 Å². The second-order valence-corrected chi connectivity index (χ2v) is 11.8. The van der Waals surface area contributed by atoms with Crippen LogP contribution in [0.5, 0.6) is 0 Å². The van der Waals surface area contributed by atoms with Gasteiger partial charge in [-0.1, -0.05) is 237 Å². The second-order valence-electron chi connectivity index (χ2n) is 11.8. The average Bonchev–Trinajstić information content (AvgIpc) is 3.31. The van der Waals surface area contributed by atoms with E-state index in [1.807, 2.05) is 91.8 Å². The van der Waals surface area contributed by atoms with Crippen molar-refractivity contribution < 1.29 is 0 Å². The van der Waals surface area contributed by atoms with Gasteiger partial charge in [-0.3, -0.25) is 0 Å². The molecule has 0 aromatic heterocycles. The van der Waals surface area contributed by atoms with Gasteiger partial charge >= 0.3 is 0 Å². The van der Waals surface area contributed by atoms with Crippen LogP contribution in [0.4, 0.5) is 0 Å². The summed E-state index contributed by atoms with van der Waals surface area (Å²) in [6.45, 7) is 16.0. The molecule has 0 atom stereocenters. The van der Waals surface area contributed by atoms with Crippen LogP contribution < -0.4 is 0 Å². The summed E-state index contributed by atoms with van der Waals surface area (Å²) in [6.07, 6.45) is 0. The van der Waals surface area contributed by atoms with Gasteiger partial charge in [-0.05, 0) is 101 Å². The molecular weight excluding hydrogens is 673 g/mol. The summed E-state index contributed by atoms with van der Waals surface area (Å²) >= 11 is 0. The van der Waals surface area contributed by atoms with E-state index in [0.717, 1.165) is 0 Å². The lowest BCUT2D eigenvalue weighted by Crippen LogP contribution is -1.78. The Kier molecular flexibility index (Phi) is 20.3. The molecule has 56 heavy (non-hydrogen) atoms. The molecule has 10 rings (SSSR count). The van der Waals surface area contributed by atoms with E-state index in [9.17, 15) is 0 Å². The van der Waals surface area contributed by atoms with E-state index < -0.39 is 0 Å². The molecule has 0 nitrogen and oxygen atoms in total. The van der Waals surface area contributed by atoms with Gasteiger partial charge in [-0.2, -0.15) is 0 Å². The molecule has 0 amide bonds.